The SMILES string of the molecule is CC(C)c1cc(C(C)C)c(C(=O)O[C-]2CCCc3ccccc32)c(C(C)C)c1.[Li+]. The van der Waals surface area contributed by atoms with E-state index in [1.807, 2.05) is 6.07 Å². The number of hydrogen-bond acceptors (Lipinski definition) is 2. The minimum atomic E-state index is -0.200. The molecule has 0 fully saturated rings. The van der Waals surface area contributed by atoms with E-state index >= 15 is 0 Å². The molecule has 0 amide bonds. The summed E-state index contributed by atoms with van der Waals surface area (Å²) in [6.07, 6.45) is 3.72. The number of carbonyl (C=O) groups is 1. The Kier molecular flexibility index (Phi) is 8.09. The largest absolute Gasteiger partial charge is 1.00 e. The van der Waals surface area contributed by atoms with Gasteiger partial charge in [-0.1, -0.05) is 72.6 Å². The Morgan fingerprint density at radius 1 is 0.931 bits per heavy atom. The van der Waals surface area contributed by atoms with Crippen molar-refractivity contribution in [3.63, 3.8) is 0 Å². The molecule has 0 bridgehead atoms. The second-order valence-corrected chi connectivity index (χ2v) is 8.86. The van der Waals surface area contributed by atoms with Gasteiger partial charge in [-0.3, -0.25) is 0 Å². The Balaban J connectivity index is 0.00000300. The molecule has 29 heavy (non-hydrogen) atoms. The van der Waals surface area contributed by atoms with Crippen LogP contribution in [0.2, 0.25) is 0 Å². The van der Waals surface area contributed by atoms with E-state index in [0.29, 0.717) is 5.92 Å². The van der Waals surface area contributed by atoms with Crippen LogP contribution in [0.4, 0.5) is 0 Å². The molecule has 0 aromatic heterocycles. The zero-order valence-electron chi connectivity index (χ0n) is 19.1. The predicted octanol–water partition coefficient (Wildman–Crippen LogP) is 4.13. The van der Waals surface area contributed by atoms with Crippen LogP contribution in [-0.4, -0.2) is 5.97 Å². The molecule has 0 atom stereocenters. The molecular weight excluding hydrogens is 351 g/mol. The van der Waals surface area contributed by atoms with Gasteiger partial charge in [-0.2, -0.15) is 6.07 Å². The summed E-state index contributed by atoms with van der Waals surface area (Å²) in [6, 6.07) is 12.7. The monoisotopic (exact) mass is 384 g/mol. The summed E-state index contributed by atoms with van der Waals surface area (Å²) in [6.45, 7) is 13.0. The molecule has 2 nitrogen and oxygen atoms in total. The van der Waals surface area contributed by atoms with Crippen LogP contribution in [-0.2, 0) is 11.2 Å². The van der Waals surface area contributed by atoms with Gasteiger partial charge in [-0.25, -0.2) is 4.79 Å². The van der Waals surface area contributed by atoms with Crippen molar-refractivity contribution < 1.29 is 28.4 Å². The fraction of sp³-hybridized carbons (Fsp3) is 0.462. The summed E-state index contributed by atoms with van der Waals surface area (Å²) in [5, 5.41) is 0. The second-order valence-electron chi connectivity index (χ2n) is 8.86. The number of fused-ring (bicyclic) bond motifs is 1. The van der Waals surface area contributed by atoms with Crippen LogP contribution in [0.25, 0.3) is 0 Å². The van der Waals surface area contributed by atoms with Crippen LogP contribution >= 0.6 is 0 Å². The molecule has 0 radical (unpaired) electrons. The Labute approximate surface area is 188 Å². The van der Waals surface area contributed by atoms with Gasteiger partial charge < -0.3 is 4.74 Å². The van der Waals surface area contributed by atoms with E-state index in [9.17, 15) is 4.79 Å². The summed E-state index contributed by atoms with van der Waals surface area (Å²) >= 11 is 0. The maximum absolute atomic E-state index is 13.4. The molecule has 0 saturated carbocycles. The van der Waals surface area contributed by atoms with Gasteiger partial charge in [-0.05, 0) is 40.9 Å². The first-order chi connectivity index (χ1) is 13.3. The van der Waals surface area contributed by atoms with Crippen LogP contribution in [0.1, 0.15) is 110 Å². The third kappa shape index (κ3) is 5.11. The molecule has 0 aliphatic heterocycles. The Morgan fingerprint density at radius 2 is 1.52 bits per heavy atom. The zero-order chi connectivity index (χ0) is 20.4. The summed E-state index contributed by atoms with van der Waals surface area (Å²) in [4.78, 5) is 13.4. The van der Waals surface area contributed by atoms with Crippen LogP contribution in [0.3, 0.4) is 0 Å². The van der Waals surface area contributed by atoms with E-state index < -0.39 is 0 Å². The van der Waals surface area contributed by atoms with Gasteiger partial charge in [0.05, 0.1) is 5.56 Å². The summed E-state index contributed by atoms with van der Waals surface area (Å²) in [5.41, 5.74) is 6.64. The molecule has 0 unspecified atom stereocenters. The smallest absolute Gasteiger partial charge is 0.491 e. The molecule has 2 aromatic rings. The van der Waals surface area contributed by atoms with E-state index in [4.69, 9.17) is 4.74 Å². The minimum Gasteiger partial charge on any atom is -0.491 e. The van der Waals surface area contributed by atoms with E-state index in [1.165, 1.54) is 11.1 Å². The number of aryl methyl sites for hydroxylation is 1. The first-order valence-electron chi connectivity index (χ1n) is 10.6. The molecule has 1 aliphatic carbocycles. The van der Waals surface area contributed by atoms with Crippen molar-refractivity contribution in [3.05, 3.63) is 75.9 Å². The second kappa shape index (κ2) is 9.92. The maximum atomic E-state index is 13.4. The maximum Gasteiger partial charge on any atom is 1.00 e. The van der Waals surface area contributed by atoms with E-state index in [0.717, 1.165) is 47.6 Å². The molecule has 2 aromatic carbocycles. The van der Waals surface area contributed by atoms with Crippen LogP contribution in [0, 0.1) is 6.10 Å². The number of ether oxygens (including phenoxy) is 1. The number of rotatable bonds is 5. The molecular formula is C26H33LiO2. The van der Waals surface area contributed by atoms with Crippen molar-refractivity contribution in [2.24, 2.45) is 0 Å². The minimum absolute atomic E-state index is 0. The third-order valence-corrected chi connectivity index (χ3v) is 5.72. The first kappa shape index (κ1) is 23.7. The van der Waals surface area contributed by atoms with Crippen LogP contribution < -0.4 is 18.9 Å². The van der Waals surface area contributed by atoms with Crippen molar-refractivity contribution in [1.82, 2.24) is 0 Å². The predicted molar refractivity (Wildman–Crippen MR) is 116 cm³/mol. The fourth-order valence-electron chi connectivity index (χ4n) is 4.04. The molecule has 3 rings (SSSR count). The molecule has 0 heterocycles. The van der Waals surface area contributed by atoms with Gasteiger partial charge in [0, 0.05) is 6.10 Å². The molecule has 0 saturated heterocycles. The Hall–Kier alpha value is -1.62. The van der Waals surface area contributed by atoms with Gasteiger partial charge in [0.1, 0.15) is 0 Å². The fourth-order valence-corrected chi connectivity index (χ4v) is 4.04. The molecule has 0 N–H and O–H groups in total. The number of esters is 1. The van der Waals surface area contributed by atoms with Crippen molar-refractivity contribution in [3.8, 4) is 0 Å². The van der Waals surface area contributed by atoms with Crippen LogP contribution in [0.5, 0.6) is 0 Å². The molecule has 0 spiro atoms. The van der Waals surface area contributed by atoms with Gasteiger partial charge in [0.2, 0.25) is 0 Å². The zero-order valence-corrected chi connectivity index (χ0v) is 19.1. The molecule has 1 aliphatic rings. The normalized spacial score (nSPS) is 13.5. The molecule has 3 heteroatoms. The average Bonchev–Trinajstić information content (AvgIpc) is 2.66. The van der Waals surface area contributed by atoms with Crippen LogP contribution in [0.15, 0.2) is 36.4 Å². The number of carbonyl (C=O) groups excluding carboxylic acids is 1. The van der Waals surface area contributed by atoms with Crippen molar-refractivity contribution in [2.45, 2.75) is 78.6 Å². The quantitative estimate of drug-likeness (QED) is 0.440. The van der Waals surface area contributed by atoms with Gasteiger partial charge >= 0.3 is 24.8 Å². The number of hydrogen-bond donors (Lipinski definition) is 0. The first-order valence-corrected chi connectivity index (χ1v) is 10.6. The Morgan fingerprint density at radius 3 is 2.07 bits per heavy atom. The Bertz CT molecular complexity index is 823. The van der Waals surface area contributed by atoms with Gasteiger partial charge in [0.25, 0.3) is 0 Å². The third-order valence-electron chi connectivity index (χ3n) is 5.72. The standard InChI is InChI=1S/C26H33O2.Li/c1-16(2)20-14-22(17(3)4)25(23(15-20)18(5)6)26(27)28-24-13-9-11-19-10-7-8-12-21(19)24;/h7-8,10,12,14-18H,9,11,13H2,1-6H3;/q-1;+1. The van der Waals surface area contributed by atoms with E-state index in [1.54, 1.807) is 0 Å². The summed E-state index contributed by atoms with van der Waals surface area (Å²) in [5.74, 6) is 0.763. The summed E-state index contributed by atoms with van der Waals surface area (Å²) in [7, 11) is 0. The van der Waals surface area contributed by atoms with Crippen molar-refractivity contribution >= 4 is 5.97 Å². The topological polar surface area (TPSA) is 26.3 Å². The van der Waals surface area contributed by atoms with E-state index in [-0.39, 0.29) is 36.7 Å². The van der Waals surface area contributed by atoms with Gasteiger partial charge in [-0.15, -0.1) is 23.3 Å². The average molecular weight is 384 g/mol. The number of benzene rings is 2. The molecule has 150 valence electrons. The van der Waals surface area contributed by atoms with Crippen molar-refractivity contribution in [2.75, 3.05) is 0 Å². The van der Waals surface area contributed by atoms with Crippen molar-refractivity contribution in [1.29, 1.82) is 0 Å². The van der Waals surface area contributed by atoms with E-state index in [2.05, 4.69) is 71.9 Å². The summed E-state index contributed by atoms with van der Waals surface area (Å²) < 4.78 is 6.06. The van der Waals surface area contributed by atoms with Gasteiger partial charge in [0.15, 0.2) is 0 Å².